The van der Waals surface area contributed by atoms with E-state index in [-0.39, 0.29) is 12.1 Å². The van der Waals surface area contributed by atoms with Crippen LogP contribution in [0.3, 0.4) is 0 Å². The minimum Gasteiger partial charge on any atom is -0.481 e. The van der Waals surface area contributed by atoms with Gasteiger partial charge in [-0.15, -0.1) is 0 Å². The largest absolute Gasteiger partial charge is 0.481 e. The van der Waals surface area contributed by atoms with Crippen LogP contribution in [0.4, 0.5) is 4.39 Å². The molecule has 2 aromatic heterocycles. The molecule has 0 bridgehead atoms. The summed E-state index contributed by atoms with van der Waals surface area (Å²) in [6, 6.07) is 10.4. The number of hydrogen-bond acceptors (Lipinski definition) is 2. The number of carboxylic acids is 1. The van der Waals surface area contributed by atoms with Crippen LogP contribution in [-0.4, -0.2) is 20.5 Å². The molecule has 0 saturated heterocycles. The molecule has 0 spiro atoms. The molecule has 1 N–H and O–H groups in total. The van der Waals surface area contributed by atoms with Crippen LogP contribution < -0.4 is 0 Å². The van der Waals surface area contributed by atoms with Crippen LogP contribution in [0.1, 0.15) is 11.3 Å². The molecular formula is C16H13FN2O2. The summed E-state index contributed by atoms with van der Waals surface area (Å²) in [5.74, 6) is -1.45. The fourth-order valence-corrected chi connectivity index (χ4v) is 2.34. The molecule has 1 aromatic carbocycles. The molecule has 0 atom stereocenters. The summed E-state index contributed by atoms with van der Waals surface area (Å²) in [6.07, 6.45) is 1.41. The number of aromatic nitrogens is 2. The summed E-state index contributed by atoms with van der Waals surface area (Å²) in [5, 5.41) is 9.09. The number of nitrogens with zero attached hydrogens (tertiary/aromatic N) is 2. The standard InChI is InChI=1S/C16H13FN2O2/c1-10-4-6-11(7-5-10)15-13(9-14(20)21)19-8-2-3-12(17)16(19)18-15/h2-8H,9H2,1H3,(H,20,21). The van der Waals surface area contributed by atoms with E-state index in [1.807, 2.05) is 31.2 Å². The summed E-state index contributed by atoms with van der Waals surface area (Å²) in [7, 11) is 0. The molecule has 0 unspecified atom stereocenters. The van der Waals surface area contributed by atoms with E-state index in [4.69, 9.17) is 5.11 Å². The Kier molecular flexibility index (Phi) is 3.17. The van der Waals surface area contributed by atoms with Crippen molar-refractivity contribution in [2.75, 3.05) is 0 Å². The highest BCUT2D eigenvalue weighted by Crippen LogP contribution is 2.26. The molecule has 106 valence electrons. The first-order valence-corrected chi connectivity index (χ1v) is 6.50. The first-order valence-electron chi connectivity index (χ1n) is 6.50. The fraction of sp³-hybridized carbons (Fsp3) is 0.125. The number of fused-ring (bicyclic) bond motifs is 1. The van der Waals surface area contributed by atoms with E-state index >= 15 is 0 Å². The van der Waals surface area contributed by atoms with Gasteiger partial charge in [0.2, 0.25) is 0 Å². The van der Waals surface area contributed by atoms with Gasteiger partial charge in [0.15, 0.2) is 11.5 Å². The third kappa shape index (κ3) is 2.38. The second-order valence-corrected chi connectivity index (χ2v) is 4.89. The average molecular weight is 284 g/mol. The normalized spacial score (nSPS) is 11.0. The van der Waals surface area contributed by atoms with Crippen molar-refractivity contribution in [3.05, 3.63) is 59.7 Å². The molecule has 0 saturated carbocycles. The first-order chi connectivity index (χ1) is 10.1. The maximum Gasteiger partial charge on any atom is 0.309 e. The summed E-state index contributed by atoms with van der Waals surface area (Å²) < 4.78 is 15.4. The average Bonchev–Trinajstić information content (AvgIpc) is 2.80. The lowest BCUT2D eigenvalue weighted by Crippen LogP contribution is -2.04. The Hall–Kier alpha value is -2.69. The van der Waals surface area contributed by atoms with E-state index in [1.165, 1.54) is 16.5 Å². The minimum absolute atomic E-state index is 0.143. The SMILES string of the molecule is Cc1ccc(-c2nc3c(F)cccn3c2CC(=O)O)cc1. The third-order valence-corrected chi connectivity index (χ3v) is 3.35. The van der Waals surface area contributed by atoms with Crippen LogP contribution in [0.5, 0.6) is 0 Å². The highest BCUT2D eigenvalue weighted by molar-refractivity contribution is 5.76. The van der Waals surface area contributed by atoms with Crippen molar-refractivity contribution in [1.29, 1.82) is 0 Å². The maximum absolute atomic E-state index is 13.9. The van der Waals surface area contributed by atoms with Gasteiger partial charge in [0.05, 0.1) is 17.8 Å². The number of rotatable bonds is 3. The molecule has 3 rings (SSSR count). The Morgan fingerprint density at radius 1 is 1.29 bits per heavy atom. The molecule has 0 aliphatic rings. The lowest BCUT2D eigenvalue weighted by atomic mass is 10.1. The molecule has 5 heteroatoms. The quantitative estimate of drug-likeness (QED) is 0.804. The predicted molar refractivity (Wildman–Crippen MR) is 76.7 cm³/mol. The molecule has 3 aromatic rings. The van der Waals surface area contributed by atoms with Crippen molar-refractivity contribution in [3.63, 3.8) is 0 Å². The minimum atomic E-state index is -0.977. The van der Waals surface area contributed by atoms with Crippen molar-refractivity contribution < 1.29 is 14.3 Å². The smallest absolute Gasteiger partial charge is 0.309 e. The van der Waals surface area contributed by atoms with Gasteiger partial charge in [0.1, 0.15) is 0 Å². The number of hydrogen-bond donors (Lipinski definition) is 1. The number of carbonyl (C=O) groups is 1. The Morgan fingerprint density at radius 3 is 2.67 bits per heavy atom. The lowest BCUT2D eigenvalue weighted by molar-refractivity contribution is -0.136. The van der Waals surface area contributed by atoms with Gasteiger partial charge < -0.3 is 9.51 Å². The number of benzene rings is 1. The molecule has 0 fully saturated rings. The van der Waals surface area contributed by atoms with Crippen molar-refractivity contribution in [3.8, 4) is 11.3 Å². The molecule has 0 aliphatic heterocycles. The number of imidazole rings is 1. The Labute approximate surface area is 120 Å². The second-order valence-electron chi connectivity index (χ2n) is 4.89. The molecule has 0 radical (unpaired) electrons. The molecule has 0 aliphatic carbocycles. The van der Waals surface area contributed by atoms with Gasteiger partial charge in [-0.05, 0) is 19.1 Å². The van der Waals surface area contributed by atoms with E-state index in [9.17, 15) is 9.18 Å². The predicted octanol–water partition coefficient (Wildman–Crippen LogP) is 3.08. The number of aryl methyl sites for hydroxylation is 1. The lowest BCUT2D eigenvalue weighted by Gasteiger charge is -2.03. The van der Waals surface area contributed by atoms with Crippen LogP contribution >= 0.6 is 0 Å². The van der Waals surface area contributed by atoms with Gasteiger partial charge in [-0.2, -0.15) is 0 Å². The van der Waals surface area contributed by atoms with Crippen LogP contribution in [-0.2, 0) is 11.2 Å². The van der Waals surface area contributed by atoms with Gasteiger partial charge >= 0.3 is 5.97 Å². The zero-order valence-electron chi connectivity index (χ0n) is 11.4. The molecule has 2 heterocycles. The highest BCUT2D eigenvalue weighted by atomic mass is 19.1. The van der Waals surface area contributed by atoms with Crippen LogP contribution in [0, 0.1) is 12.7 Å². The van der Waals surface area contributed by atoms with Gasteiger partial charge in [-0.1, -0.05) is 29.8 Å². The van der Waals surface area contributed by atoms with Crippen LogP contribution in [0.25, 0.3) is 16.9 Å². The molecule has 4 nitrogen and oxygen atoms in total. The Bertz CT molecular complexity index is 822. The van der Waals surface area contributed by atoms with Gasteiger partial charge in [0, 0.05) is 11.8 Å². The number of pyridine rings is 1. The van der Waals surface area contributed by atoms with E-state index in [1.54, 1.807) is 6.20 Å². The zero-order chi connectivity index (χ0) is 15.0. The van der Waals surface area contributed by atoms with Crippen LogP contribution in [0.2, 0.25) is 0 Å². The summed E-state index contributed by atoms with van der Waals surface area (Å²) in [4.78, 5) is 15.4. The highest BCUT2D eigenvalue weighted by Gasteiger charge is 2.18. The van der Waals surface area contributed by atoms with Gasteiger partial charge in [-0.3, -0.25) is 4.79 Å². The third-order valence-electron chi connectivity index (χ3n) is 3.35. The molecule has 21 heavy (non-hydrogen) atoms. The number of carboxylic acid groups (broad SMARTS) is 1. The van der Waals surface area contributed by atoms with E-state index in [0.717, 1.165) is 11.1 Å². The van der Waals surface area contributed by atoms with Crippen LogP contribution in [0.15, 0.2) is 42.6 Å². The van der Waals surface area contributed by atoms with Gasteiger partial charge in [0.25, 0.3) is 0 Å². The number of halogens is 1. The van der Waals surface area contributed by atoms with E-state index in [2.05, 4.69) is 4.98 Å². The van der Waals surface area contributed by atoms with E-state index in [0.29, 0.717) is 11.4 Å². The Morgan fingerprint density at radius 2 is 2.00 bits per heavy atom. The van der Waals surface area contributed by atoms with E-state index < -0.39 is 11.8 Å². The Balaban J connectivity index is 2.27. The number of aliphatic carboxylic acids is 1. The summed E-state index contributed by atoms with van der Waals surface area (Å²) >= 11 is 0. The van der Waals surface area contributed by atoms with Crippen molar-refractivity contribution in [2.45, 2.75) is 13.3 Å². The maximum atomic E-state index is 13.9. The second kappa shape index (κ2) is 5.01. The fourth-order valence-electron chi connectivity index (χ4n) is 2.34. The van der Waals surface area contributed by atoms with Gasteiger partial charge in [-0.25, -0.2) is 9.37 Å². The zero-order valence-corrected chi connectivity index (χ0v) is 11.4. The first kappa shape index (κ1) is 13.3. The van der Waals surface area contributed by atoms with Crippen molar-refractivity contribution in [2.24, 2.45) is 0 Å². The monoisotopic (exact) mass is 284 g/mol. The molecular weight excluding hydrogens is 271 g/mol. The summed E-state index contributed by atoms with van der Waals surface area (Å²) in [5.41, 5.74) is 2.99. The molecule has 0 amide bonds. The topological polar surface area (TPSA) is 54.6 Å². The van der Waals surface area contributed by atoms with Crippen molar-refractivity contribution in [1.82, 2.24) is 9.38 Å². The summed E-state index contributed by atoms with van der Waals surface area (Å²) in [6.45, 7) is 1.96. The van der Waals surface area contributed by atoms with Crippen molar-refractivity contribution >= 4 is 11.6 Å².